The summed E-state index contributed by atoms with van der Waals surface area (Å²) in [5.41, 5.74) is 2.08. The number of amides is 2. The second kappa shape index (κ2) is 5.77. The number of nitrogens with one attached hydrogen (secondary N) is 1. The van der Waals surface area contributed by atoms with E-state index in [4.69, 9.17) is 0 Å². The maximum absolute atomic E-state index is 13.9. The zero-order valence-electron chi connectivity index (χ0n) is 11.5. The summed E-state index contributed by atoms with van der Waals surface area (Å²) in [6, 6.07) is 6.13. The van der Waals surface area contributed by atoms with Gasteiger partial charge in [0.15, 0.2) is 0 Å². The van der Waals surface area contributed by atoms with E-state index in [1.54, 1.807) is 28.6 Å². The molecule has 21 heavy (non-hydrogen) atoms. The molecule has 1 aromatic heterocycles. The van der Waals surface area contributed by atoms with Crippen molar-refractivity contribution in [3.8, 4) is 0 Å². The molecule has 1 heterocycles. The van der Waals surface area contributed by atoms with Gasteiger partial charge in [0.05, 0.1) is 6.04 Å². The summed E-state index contributed by atoms with van der Waals surface area (Å²) in [4.78, 5) is 14.1. The van der Waals surface area contributed by atoms with E-state index in [2.05, 4.69) is 15.5 Å². The number of urea groups is 1. The van der Waals surface area contributed by atoms with Crippen LogP contribution < -0.4 is 5.32 Å². The molecule has 1 aromatic carbocycles. The molecule has 0 unspecified atom stereocenters. The Morgan fingerprint density at radius 2 is 2.24 bits per heavy atom. The van der Waals surface area contributed by atoms with Crippen molar-refractivity contribution in [2.24, 2.45) is 0 Å². The SMILES string of the molecule is C[C@H](c1ccccc1F)N(C(=O)Nc1nncs1)C1CC1. The topological polar surface area (TPSA) is 58.1 Å². The van der Waals surface area contributed by atoms with E-state index in [0.717, 1.165) is 12.8 Å². The highest BCUT2D eigenvalue weighted by molar-refractivity contribution is 7.13. The number of carbonyl (C=O) groups is 1. The van der Waals surface area contributed by atoms with Gasteiger partial charge in [0, 0.05) is 11.6 Å². The van der Waals surface area contributed by atoms with Crippen LogP contribution in [0.1, 0.15) is 31.4 Å². The van der Waals surface area contributed by atoms with Crippen LogP contribution in [-0.4, -0.2) is 27.2 Å². The average molecular weight is 306 g/mol. The number of rotatable bonds is 4. The molecule has 1 saturated carbocycles. The molecule has 7 heteroatoms. The fourth-order valence-corrected chi connectivity index (χ4v) is 2.79. The van der Waals surface area contributed by atoms with Crippen LogP contribution in [-0.2, 0) is 0 Å². The highest BCUT2D eigenvalue weighted by atomic mass is 32.1. The molecule has 2 amide bonds. The first-order valence-electron chi connectivity index (χ1n) is 6.76. The van der Waals surface area contributed by atoms with Crippen LogP contribution in [0.15, 0.2) is 29.8 Å². The second-order valence-electron chi connectivity index (χ2n) is 5.01. The minimum absolute atomic E-state index is 0.160. The summed E-state index contributed by atoms with van der Waals surface area (Å²) < 4.78 is 13.9. The lowest BCUT2D eigenvalue weighted by Crippen LogP contribution is -2.39. The zero-order chi connectivity index (χ0) is 14.8. The van der Waals surface area contributed by atoms with Crippen LogP contribution in [0.2, 0.25) is 0 Å². The van der Waals surface area contributed by atoms with E-state index in [0.29, 0.717) is 10.7 Å². The third-order valence-electron chi connectivity index (χ3n) is 3.52. The van der Waals surface area contributed by atoms with Gasteiger partial charge < -0.3 is 4.90 Å². The number of aromatic nitrogens is 2. The van der Waals surface area contributed by atoms with E-state index in [1.807, 2.05) is 6.92 Å². The number of carbonyl (C=O) groups excluding carboxylic acids is 1. The molecule has 0 saturated heterocycles. The summed E-state index contributed by atoms with van der Waals surface area (Å²) in [7, 11) is 0. The van der Waals surface area contributed by atoms with Crippen molar-refractivity contribution in [1.82, 2.24) is 15.1 Å². The molecule has 1 aliphatic carbocycles. The van der Waals surface area contributed by atoms with E-state index < -0.39 is 0 Å². The first-order valence-corrected chi connectivity index (χ1v) is 7.64. The number of hydrogen-bond acceptors (Lipinski definition) is 4. The van der Waals surface area contributed by atoms with Gasteiger partial charge in [-0.15, -0.1) is 10.2 Å². The maximum atomic E-state index is 13.9. The first kappa shape index (κ1) is 13.9. The van der Waals surface area contributed by atoms with Gasteiger partial charge in [0.2, 0.25) is 5.13 Å². The first-order chi connectivity index (χ1) is 10.2. The molecular formula is C14H15FN4OS. The Bertz CT molecular complexity index is 630. The van der Waals surface area contributed by atoms with Crippen molar-refractivity contribution >= 4 is 22.5 Å². The Hall–Kier alpha value is -2.02. The third kappa shape index (κ3) is 3.02. The number of benzene rings is 1. The van der Waals surface area contributed by atoms with E-state index >= 15 is 0 Å². The van der Waals surface area contributed by atoms with Crippen molar-refractivity contribution in [3.63, 3.8) is 0 Å². The van der Waals surface area contributed by atoms with Crippen LogP contribution in [0.4, 0.5) is 14.3 Å². The standard InChI is InChI=1S/C14H15FN4OS/c1-9(11-4-2-3-5-12(11)15)19(10-6-7-10)14(20)17-13-18-16-8-21-13/h2-5,8-10H,6-7H2,1H3,(H,17,18,20)/t9-/m1/s1. The summed E-state index contributed by atoms with van der Waals surface area (Å²) in [5, 5.41) is 10.7. The van der Waals surface area contributed by atoms with Crippen LogP contribution in [0.5, 0.6) is 0 Å². The summed E-state index contributed by atoms with van der Waals surface area (Å²) in [5.74, 6) is -0.292. The van der Waals surface area contributed by atoms with Crippen molar-refractivity contribution in [3.05, 3.63) is 41.2 Å². The predicted octanol–water partition coefficient (Wildman–Crippen LogP) is 3.43. The summed E-state index contributed by atoms with van der Waals surface area (Å²) >= 11 is 1.26. The predicted molar refractivity (Wildman–Crippen MR) is 78.6 cm³/mol. The van der Waals surface area contributed by atoms with Crippen molar-refractivity contribution in [2.45, 2.75) is 31.8 Å². The van der Waals surface area contributed by atoms with Gasteiger partial charge in [-0.05, 0) is 25.8 Å². The fourth-order valence-electron chi connectivity index (χ4n) is 2.36. The molecule has 110 valence electrons. The summed E-state index contributed by atoms with van der Waals surface area (Å²) in [6.45, 7) is 1.84. The van der Waals surface area contributed by atoms with Gasteiger partial charge in [-0.25, -0.2) is 9.18 Å². The number of nitrogens with zero attached hydrogens (tertiary/aromatic N) is 3. The lowest BCUT2D eigenvalue weighted by atomic mass is 10.1. The van der Waals surface area contributed by atoms with Crippen molar-refractivity contribution in [1.29, 1.82) is 0 Å². The lowest BCUT2D eigenvalue weighted by Gasteiger charge is -2.29. The largest absolute Gasteiger partial charge is 0.324 e. The smallest absolute Gasteiger partial charge is 0.315 e. The third-order valence-corrected chi connectivity index (χ3v) is 4.13. The maximum Gasteiger partial charge on any atom is 0.324 e. The van der Waals surface area contributed by atoms with Crippen molar-refractivity contribution in [2.75, 3.05) is 5.32 Å². The van der Waals surface area contributed by atoms with Crippen LogP contribution in [0.25, 0.3) is 0 Å². The number of anilines is 1. The van der Waals surface area contributed by atoms with Crippen LogP contribution in [0, 0.1) is 5.82 Å². The minimum atomic E-state index is -0.327. The van der Waals surface area contributed by atoms with E-state index in [-0.39, 0.29) is 23.9 Å². The molecular weight excluding hydrogens is 291 g/mol. The minimum Gasteiger partial charge on any atom is -0.315 e. The van der Waals surface area contributed by atoms with Gasteiger partial charge in [-0.1, -0.05) is 29.5 Å². The summed E-state index contributed by atoms with van der Waals surface area (Å²) in [6.07, 6.45) is 1.89. The highest BCUT2D eigenvalue weighted by Gasteiger charge is 2.37. The number of halogens is 1. The van der Waals surface area contributed by atoms with E-state index in [9.17, 15) is 9.18 Å². The normalized spacial score (nSPS) is 15.5. The number of hydrogen-bond donors (Lipinski definition) is 1. The van der Waals surface area contributed by atoms with Gasteiger partial charge >= 0.3 is 6.03 Å². The van der Waals surface area contributed by atoms with Gasteiger partial charge in [0.1, 0.15) is 11.3 Å². The molecule has 1 fully saturated rings. The quantitative estimate of drug-likeness (QED) is 0.941. The van der Waals surface area contributed by atoms with Crippen LogP contribution >= 0.6 is 11.3 Å². The van der Waals surface area contributed by atoms with Gasteiger partial charge in [0.25, 0.3) is 0 Å². The van der Waals surface area contributed by atoms with Gasteiger partial charge in [-0.2, -0.15) is 0 Å². The lowest BCUT2D eigenvalue weighted by molar-refractivity contribution is 0.187. The molecule has 1 N–H and O–H groups in total. The van der Waals surface area contributed by atoms with Crippen LogP contribution in [0.3, 0.4) is 0 Å². The molecule has 0 spiro atoms. The average Bonchev–Trinajstić information content (AvgIpc) is 3.16. The Kier molecular flexibility index (Phi) is 3.83. The molecule has 0 aliphatic heterocycles. The Labute approximate surface area is 125 Å². The van der Waals surface area contributed by atoms with Crippen molar-refractivity contribution < 1.29 is 9.18 Å². The molecule has 1 aliphatic rings. The molecule has 5 nitrogen and oxygen atoms in total. The van der Waals surface area contributed by atoms with E-state index in [1.165, 1.54) is 17.4 Å². The monoisotopic (exact) mass is 306 g/mol. The van der Waals surface area contributed by atoms with Gasteiger partial charge in [-0.3, -0.25) is 5.32 Å². The Balaban J connectivity index is 1.81. The molecule has 0 bridgehead atoms. The highest BCUT2D eigenvalue weighted by Crippen LogP contribution is 2.35. The molecule has 0 radical (unpaired) electrons. The fraction of sp³-hybridized carbons (Fsp3) is 0.357. The molecule has 3 rings (SSSR count). The second-order valence-corrected chi connectivity index (χ2v) is 5.84. The Morgan fingerprint density at radius 1 is 1.48 bits per heavy atom. The Morgan fingerprint density at radius 3 is 2.86 bits per heavy atom. The molecule has 1 atom stereocenters. The molecule has 2 aromatic rings. The zero-order valence-corrected chi connectivity index (χ0v) is 12.3.